The molecule has 2 nitrogen and oxygen atoms in total. The molecule has 2 aromatic carbocycles. The van der Waals surface area contributed by atoms with Crippen molar-refractivity contribution in [3.63, 3.8) is 0 Å². The second-order valence-corrected chi connectivity index (χ2v) is 5.49. The molecule has 0 heterocycles. The zero-order valence-corrected chi connectivity index (χ0v) is 13.4. The minimum Gasteiger partial charge on any atom is -0.497 e. The molecule has 0 aliphatic heterocycles. The minimum absolute atomic E-state index is 0.0507. The minimum atomic E-state index is -0.548. The van der Waals surface area contributed by atoms with E-state index in [1.54, 1.807) is 14.2 Å². The van der Waals surface area contributed by atoms with Crippen LogP contribution in [0.5, 0.6) is 5.75 Å². The van der Waals surface area contributed by atoms with E-state index in [0.717, 1.165) is 10.0 Å². The van der Waals surface area contributed by atoms with Crippen molar-refractivity contribution in [2.45, 2.75) is 12.5 Å². The molecule has 1 unspecified atom stereocenters. The Labute approximate surface area is 131 Å². The third-order valence-corrected chi connectivity index (χ3v) is 4.15. The van der Waals surface area contributed by atoms with Gasteiger partial charge in [-0.15, -0.1) is 0 Å². The molecular weight excluding hydrogens is 340 g/mol. The first-order chi connectivity index (χ1) is 10.1. The normalized spacial score (nSPS) is 12.2. The fourth-order valence-electron chi connectivity index (χ4n) is 2.25. The molecule has 0 aromatic heterocycles. The van der Waals surface area contributed by atoms with Crippen molar-refractivity contribution in [1.29, 1.82) is 0 Å². The maximum Gasteiger partial charge on any atom is 0.130 e. The second kappa shape index (κ2) is 7.00. The first-order valence-corrected chi connectivity index (χ1v) is 7.29. The van der Waals surface area contributed by atoms with Gasteiger partial charge in [-0.25, -0.2) is 8.78 Å². The SMILES string of the molecule is CNC(Cc1cc(OC)ccc1Br)c1c(F)cccc1F. The van der Waals surface area contributed by atoms with E-state index < -0.39 is 17.7 Å². The molecule has 112 valence electrons. The third kappa shape index (κ3) is 3.60. The van der Waals surface area contributed by atoms with E-state index in [2.05, 4.69) is 21.2 Å². The maximum atomic E-state index is 13.9. The Bertz CT molecular complexity index is 613. The van der Waals surface area contributed by atoms with Gasteiger partial charge in [0.2, 0.25) is 0 Å². The van der Waals surface area contributed by atoms with Crippen molar-refractivity contribution in [1.82, 2.24) is 5.32 Å². The summed E-state index contributed by atoms with van der Waals surface area (Å²) in [5.41, 5.74) is 0.964. The van der Waals surface area contributed by atoms with Gasteiger partial charge in [0.1, 0.15) is 17.4 Å². The van der Waals surface area contributed by atoms with Crippen LogP contribution in [0.4, 0.5) is 8.78 Å². The average Bonchev–Trinajstić information content (AvgIpc) is 2.47. The van der Waals surface area contributed by atoms with Crippen molar-refractivity contribution in [3.8, 4) is 5.75 Å². The van der Waals surface area contributed by atoms with Crippen LogP contribution in [0, 0.1) is 11.6 Å². The summed E-state index contributed by atoms with van der Waals surface area (Å²) in [6.07, 6.45) is 0.437. The van der Waals surface area contributed by atoms with Crippen LogP contribution in [0.25, 0.3) is 0 Å². The quantitative estimate of drug-likeness (QED) is 0.865. The van der Waals surface area contributed by atoms with Crippen LogP contribution in [0.1, 0.15) is 17.2 Å². The molecule has 0 saturated heterocycles. The smallest absolute Gasteiger partial charge is 0.130 e. The monoisotopic (exact) mass is 355 g/mol. The van der Waals surface area contributed by atoms with Crippen LogP contribution < -0.4 is 10.1 Å². The highest BCUT2D eigenvalue weighted by Crippen LogP contribution is 2.29. The number of benzene rings is 2. The Balaban J connectivity index is 2.36. The fraction of sp³-hybridized carbons (Fsp3) is 0.250. The van der Waals surface area contributed by atoms with Crippen LogP contribution in [0.2, 0.25) is 0 Å². The Morgan fingerprint density at radius 3 is 2.43 bits per heavy atom. The lowest BCUT2D eigenvalue weighted by molar-refractivity contribution is 0.413. The lowest BCUT2D eigenvalue weighted by Crippen LogP contribution is -2.21. The number of likely N-dealkylation sites (N-methyl/N-ethyl adjacent to an activating group) is 1. The first kappa shape index (κ1) is 15.9. The number of nitrogens with one attached hydrogen (secondary N) is 1. The molecule has 0 aliphatic carbocycles. The molecule has 0 bridgehead atoms. The topological polar surface area (TPSA) is 21.3 Å². The predicted molar refractivity (Wildman–Crippen MR) is 82.6 cm³/mol. The van der Waals surface area contributed by atoms with E-state index in [4.69, 9.17) is 4.74 Å². The Morgan fingerprint density at radius 1 is 1.19 bits per heavy atom. The summed E-state index contributed by atoms with van der Waals surface area (Å²) >= 11 is 3.46. The lowest BCUT2D eigenvalue weighted by atomic mass is 9.98. The molecule has 0 fully saturated rings. The molecule has 0 radical (unpaired) electrons. The van der Waals surface area contributed by atoms with Gasteiger partial charge in [-0.3, -0.25) is 0 Å². The summed E-state index contributed by atoms with van der Waals surface area (Å²) in [6, 6.07) is 8.97. The molecule has 0 spiro atoms. The number of methoxy groups -OCH3 is 1. The van der Waals surface area contributed by atoms with Crippen molar-refractivity contribution in [2.75, 3.05) is 14.2 Å². The Hall–Kier alpha value is -1.46. The van der Waals surface area contributed by atoms with Gasteiger partial charge in [0.25, 0.3) is 0 Å². The number of halogens is 3. The largest absolute Gasteiger partial charge is 0.497 e. The number of hydrogen-bond donors (Lipinski definition) is 1. The van der Waals surface area contributed by atoms with Gasteiger partial charge >= 0.3 is 0 Å². The maximum absolute atomic E-state index is 13.9. The molecule has 0 aliphatic rings. The number of hydrogen-bond acceptors (Lipinski definition) is 2. The van der Waals surface area contributed by atoms with Crippen LogP contribution >= 0.6 is 15.9 Å². The van der Waals surface area contributed by atoms with Gasteiger partial charge in [-0.1, -0.05) is 22.0 Å². The molecule has 21 heavy (non-hydrogen) atoms. The predicted octanol–water partition coefficient (Wildman–Crippen LogP) is 4.24. The van der Waals surface area contributed by atoms with Crippen molar-refractivity contribution in [3.05, 3.63) is 63.6 Å². The summed E-state index contributed by atoms with van der Waals surface area (Å²) in [7, 11) is 3.27. The first-order valence-electron chi connectivity index (χ1n) is 6.50. The van der Waals surface area contributed by atoms with Gasteiger partial charge in [0.05, 0.1) is 7.11 Å². The zero-order chi connectivity index (χ0) is 15.4. The molecule has 0 amide bonds. The fourth-order valence-corrected chi connectivity index (χ4v) is 2.65. The third-order valence-electron chi connectivity index (χ3n) is 3.37. The number of ether oxygens (including phenoxy) is 1. The van der Waals surface area contributed by atoms with Crippen LogP contribution in [0.15, 0.2) is 40.9 Å². The van der Waals surface area contributed by atoms with E-state index >= 15 is 0 Å². The highest BCUT2D eigenvalue weighted by molar-refractivity contribution is 9.10. The molecule has 1 atom stereocenters. The van der Waals surface area contributed by atoms with Crippen LogP contribution in [0.3, 0.4) is 0 Å². The van der Waals surface area contributed by atoms with Gasteiger partial charge in [-0.05, 0) is 49.4 Å². The van der Waals surface area contributed by atoms with Crippen LogP contribution in [-0.2, 0) is 6.42 Å². The van der Waals surface area contributed by atoms with Crippen LogP contribution in [-0.4, -0.2) is 14.2 Å². The van der Waals surface area contributed by atoms with Gasteiger partial charge in [0.15, 0.2) is 0 Å². The highest BCUT2D eigenvalue weighted by Gasteiger charge is 2.20. The molecular formula is C16H16BrF2NO. The van der Waals surface area contributed by atoms with Gasteiger partial charge in [-0.2, -0.15) is 0 Å². The van der Waals surface area contributed by atoms with Crippen molar-refractivity contribution >= 4 is 15.9 Å². The van der Waals surface area contributed by atoms with Gasteiger partial charge in [0, 0.05) is 16.1 Å². The standard InChI is InChI=1S/C16H16BrF2NO/c1-20-15(16-13(18)4-3-5-14(16)19)9-10-8-11(21-2)6-7-12(10)17/h3-8,15,20H,9H2,1-2H3. The molecule has 2 rings (SSSR count). The summed E-state index contributed by atoms with van der Waals surface area (Å²) in [5.74, 6) is -0.390. The summed E-state index contributed by atoms with van der Waals surface area (Å²) in [4.78, 5) is 0. The lowest BCUT2D eigenvalue weighted by Gasteiger charge is -2.19. The van der Waals surface area contributed by atoms with E-state index in [0.29, 0.717) is 12.2 Å². The number of rotatable bonds is 5. The molecule has 0 saturated carbocycles. The molecule has 1 N–H and O–H groups in total. The summed E-state index contributed by atoms with van der Waals surface area (Å²) < 4.78 is 33.9. The summed E-state index contributed by atoms with van der Waals surface area (Å²) in [5, 5.41) is 2.97. The van der Waals surface area contributed by atoms with Crippen molar-refractivity contribution < 1.29 is 13.5 Å². The highest BCUT2D eigenvalue weighted by atomic mass is 79.9. The average molecular weight is 356 g/mol. The van der Waals surface area contributed by atoms with Gasteiger partial charge < -0.3 is 10.1 Å². The van der Waals surface area contributed by atoms with E-state index in [1.807, 2.05) is 18.2 Å². The van der Waals surface area contributed by atoms with E-state index in [9.17, 15) is 8.78 Å². The Morgan fingerprint density at radius 2 is 1.86 bits per heavy atom. The van der Waals surface area contributed by atoms with E-state index in [1.165, 1.54) is 18.2 Å². The second-order valence-electron chi connectivity index (χ2n) is 4.64. The zero-order valence-electron chi connectivity index (χ0n) is 11.8. The Kier molecular flexibility index (Phi) is 5.31. The summed E-state index contributed by atoms with van der Waals surface area (Å²) in [6.45, 7) is 0. The van der Waals surface area contributed by atoms with E-state index in [-0.39, 0.29) is 5.56 Å². The van der Waals surface area contributed by atoms with Crippen molar-refractivity contribution in [2.24, 2.45) is 0 Å². The molecule has 2 aromatic rings. The molecule has 5 heteroatoms.